The highest BCUT2D eigenvalue weighted by Gasteiger charge is 2.43. The maximum Gasteiger partial charge on any atom is 0.411 e. The third-order valence-corrected chi connectivity index (χ3v) is 3.58. The molecule has 2 atom stereocenters. The van der Waals surface area contributed by atoms with E-state index in [1.165, 1.54) is 4.90 Å². The molecule has 1 fully saturated rings. The Kier molecular flexibility index (Phi) is 5.84. The predicted molar refractivity (Wildman–Crippen MR) is 76.6 cm³/mol. The lowest BCUT2D eigenvalue weighted by molar-refractivity contribution is -0.143. The number of hydrogen-bond donors (Lipinski definition) is 1. The number of carbonyl (C=O) groups is 2. The molecule has 1 heterocycles. The Balaban J connectivity index is 2.68. The van der Waals surface area contributed by atoms with Crippen molar-refractivity contribution >= 4 is 12.1 Å². The first kappa shape index (κ1) is 16.8. The maximum absolute atomic E-state index is 12.1. The molecule has 1 aliphatic rings. The molecule has 5 heteroatoms. The van der Waals surface area contributed by atoms with Gasteiger partial charge in [-0.25, -0.2) is 9.59 Å². The molecule has 0 aromatic carbocycles. The Morgan fingerprint density at radius 2 is 1.95 bits per heavy atom. The monoisotopic (exact) mass is 285 g/mol. The van der Waals surface area contributed by atoms with Gasteiger partial charge in [0, 0.05) is 6.54 Å². The van der Waals surface area contributed by atoms with E-state index >= 15 is 0 Å². The van der Waals surface area contributed by atoms with Crippen LogP contribution in [0.3, 0.4) is 0 Å². The van der Waals surface area contributed by atoms with Crippen LogP contribution in [0.25, 0.3) is 0 Å². The zero-order valence-corrected chi connectivity index (χ0v) is 13.0. The molecule has 1 amide bonds. The molecule has 2 unspecified atom stereocenters. The van der Waals surface area contributed by atoms with Gasteiger partial charge >= 0.3 is 12.1 Å². The van der Waals surface area contributed by atoms with Gasteiger partial charge < -0.3 is 9.84 Å². The summed E-state index contributed by atoms with van der Waals surface area (Å²) in [6.07, 6.45) is 4.34. The fraction of sp³-hybridized carbons (Fsp3) is 0.867. The van der Waals surface area contributed by atoms with Crippen LogP contribution in [0.5, 0.6) is 0 Å². The smallest absolute Gasteiger partial charge is 0.411 e. The van der Waals surface area contributed by atoms with Gasteiger partial charge in [-0.2, -0.15) is 0 Å². The molecule has 0 aliphatic carbocycles. The number of carboxylic acid groups (broad SMARTS) is 1. The summed E-state index contributed by atoms with van der Waals surface area (Å²) >= 11 is 0. The van der Waals surface area contributed by atoms with Crippen LogP contribution in [0, 0.1) is 5.92 Å². The summed E-state index contributed by atoms with van der Waals surface area (Å²) in [5.41, 5.74) is -0.597. The third kappa shape index (κ3) is 4.69. The molecule has 1 saturated heterocycles. The highest BCUT2D eigenvalue weighted by molar-refractivity contribution is 5.81. The molecular weight excluding hydrogens is 258 g/mol. The van der Waals surface area contributed by atoms with E-state index < -0.39 is 23.7 Å². The SMILES string of the molecule is CCCCCC1CCN(C(=O)OC(C)(C)C)C1C(=O)O. The Labute approximate surface area is 121 Å². The number of aliphatic carboxylic acids is 1. The molecule has 0 aromatic rings. The molecule has 0 bridgehead atoms. The summed E-state index contributed by atoms with van der Waals surface area (Å²) in [4.78, 5) is 24.9. The topological polar surface area (TPSA) is 66.8 Å². The normalized spacial score (nSPS) is 22.9. The van der Waals surface area contributed by atoms with Gasteiger partial charge in [0.2, 0.25) is 0 Å². The highest BCUT2D eigenvalue weighted by atomic mass is 16.6. The van der Waals surface area contributed by atoms with Gasteiger partial charge in [0.05, 0.1) is 0 Å². The van der Waals surface area contributed by atoms with E-state index in [2.05, 4.69) is 6.92 Å². The van der Waals surface area contributed by atoms with Gasteiger partial charge in [-0.1, -0.05) is 26.2 Å². The number of hydrogen-bond acceptors (Lipinski definition) is 3. The zero-order valence-electron chi connectivity index (χ0n) is 13.0. The largest absolute Gasteiger partial charge is 0.480 e. The molecule has 0 radical (unpaired) electrons. The van der Waals surface area contributed by atoms with Crippen LogP contribution >= 0.6 is 0 Å². The van der Waals surface area contributed by atoms with Crippen LogP contribution in [0.15, 0.2) is 0 Å². The van der Waals surface area contributed by atoms with Crippen molar-refractivity contribution in [3.63, 3.8) is 0 Å². The molecule has 1 rings (SSSR count). The van der Waals surface area contributed by atoms with Gasteiger partial charge in [-0.3, -0.25) is 4.90 Å². The Morgan fingerprint density at radius 1 is 1.30 bits per heavy atom. The van der Waals surface area contributed by atoms with Crippen LogP contribution in [0.2, 0.25) is 0 Å². The first-order valence-electron chi connectivity index (χ1n) is 7.48. The first-order valence-corrected chi connectivity index (χ1v) is 7.48. The van der Waals surface area contributed by atoms with E-state index in [1.54, 1.807) is 20.8 Å². The minimum absolute atomic E-state index is 0.0477. The second kappa shape index (κ2) is 6.95. The lowest BCUT2D eigenvalue weighted by Gasteiger charge is -2.28. The molecule has 5 nitrogen and oxygen atoms in total. The average Bonchev–Trinajstić information content (AvgIpc) is 2.71. The van der Waals surface area contributed by atoms with Crippen LogP contribution < -0.4 is 0 Å². The number of ether oxygens (including phenoxy) is 1. The number of unbranched alkanes of at least 4 members (excludes halogenated alkanes) is 2. The summed E-state index contributed by atoms with van der Waals surface area (Å²) in [6.45, 7) is 7.96. The molecule has 0 saturated carbocycles. The Bertz CT molecular complexity index is 348. The number of amides is 1. The van der Waals surface area contributed by atoms with Crippen LogP contribution in [-0.4, -0.2) is 40.3 Å². The number of likely N-dealkylation sites (tertiary alicyclic amines) is 1. The first-order chi connectivity index (χ1) is 9.26. The van der Waals surface area contributed by atoms with Crippen LogP contribution in [-0.2, 0) is 9.53 Å². The number of nitrogens with zero attached hydrogens (tertiary/aromatic N) is 1. The van der Waals surface area contributed by atoms with Crippen molar-refractivity contribution in [2.75, 3.05) is 6.54 Å². The van der Waals surface area contributed by atoms with Crippen molar-refractivity contribution in [3.8, 4) is 0 Å². The molecule has 1 aliphatic heterocycles. The molecule has 20 heavy (non-hydrogen) atoms. The highest BCUT2D eigenvalue weighted by Crippen LogP contribution is 2.30. The number of carbonyl (C=O) groups excluding carboxylic acids is 1. The summed E-state index contributed by atoms with van der Waals surface area (Å²) in [6, 6.07) is -0.735. The van der Waals surface area contributed by atoms with Crippen molar-refractivity contribution in [1.82, 2.24) is 4.90 Å². The van der Waals surface area contributed by atoms with E-state index in [0.717, 1.165) is 32.1 Å². The van der Waals surface area contributed by atoms with Gasteiger partial charge in [0.15, 0.2) is 0 Å². The van der Waals surface area contributed by atoms with E-state index in [1.807, 2.05) is 0 Å². The van der Waals surface area contributed by atoms with Crippen molar-refractivity contribution < 1.29 is 19.4 Å². The molecule has 1 N–H and O–H groups in total. The second-order valence-corrected chi connectivity index (χ2v) is 6.50. The van der Waals surface area contributed by atoms with Crippen molar-refractivity contribution in [1.29, 1.82) is 0 Å². The summed E-state index contributed by atoms with van der Waals surface area (Å²) in [5, 5.41) is 9.41. The lowest BCUT2D eigenvalue weighted by atomic mass is 9.94. The maximum atomic E-state index is 12.1. The van der Waals surface area contributed by atoms with Gasteiger partial charge in [-0.05, 0) is 39.5 Å². The average molecular weight is 285 g/mol. The molecular formula is C15H27NO4. The summed E-state index contributed by atoms with van der Waals surface area (Å²) in [7, 11) is 0. The van der Waals surface area contributed by atoms with Gasteiger partial charge in [-0.15, -0.1) is 0 Å². The zero-order chi connectivity index (χ0) is 15.3. The van der Waals surface area contributed by atoms with Crippen molar-refractivity contribution in [2.24, 2.45) is 5.92 Å². The van der Waals surface area contributed by atoms with Gasteiger partial charge in [0.1, 0.15) is 11.6 Å². The molecule has 0 spiro atoms. The van der Waals surface area contributed by atoms with Crippen molar-refractivity contribution in [3.05, 3.63) is 0 Å². The predicted octanol–water partition coefficient (Wildman–Crippen LogP) is 3.28. The fourth-order valence-electron chi connectivity index (χ4n) is 2.68. The minimum atomic E-state index is -0.921. The summed E-state index contributed by atoms with van der Waals surface area (Å²) in [5.74, 6) is -0.874. The molecule has 116 valence electrons. The minimum Gasteiger partial charge on any atom is -0.480 e. The van der Waals surface area contributed by atoms with Crippen LogP contribution in [0.4, 0.5) is 4.79 Å². The third-order valence-electron chi connectivity index (χ3n) is 3.58. The van der Waals surface area contributed by atoms with E-state index in [0.29, 0.717) is 6.54 Å². The Hall–Kier alpha value is -1.26. The number of rotatable bonds is 5. The Morgan fingerprint density at radius 3 is 2.45 bits per heavy atom. The quantitative estimate of drug-likeness (QED) is 0.787. The number of carboxylic acids is 1. The standard InChI is InChI=1S/C15H27NO4/c1-5-6-7-8-11-9-10-16(12(11)13(17)18)14(19)20-15(2,3)4/h11-12H,5-10H2,1-4H3,(H,17,18). The van der Waals surface area contributed by atoms with E-state index in [-0.39, 0.29) is 5.92 Å². The van der Waals surface area contributed by atoms with Gasteiger partial charge in [0.25, 0.3) is 0 Å². The van der Waals surface area contributed by atoms with Crippen molar-refractivity contribution in [2.45, 2.75) is 71.4 Å². The molecule has 0 aromatic heterocycles. The fourth-order valence-corrected chi connectivity index (χ4v) is 2.68. The lowest BCUT2D eigenvalue weighted by Crippen LogP contribution is -2.45. The van der Waals surface area contributed by atoms with Crippen LogP contribution in [0.1, 0.15) is 59.8 Å². The second-order valence-electron chi connectivity index (χ2n) is 6.50. The van der Waals surface area contributed by atoms with E-state index in [4.69, 9.17) is 4.74 Å². The van der Waals surface area contributed by atoms with E-state index in [9.17, 15) is 14.7 Å². The summed E-state index contributed by atoms with van der Waals surface area (Å²) < 4.78 is 5.30.